The number of hydrogen-bond donors (Lipinski definition) is 1. The first kappa shape index (κ1) is 15.7. The van der Waals surface area contributed by atoms with Crippen LogP contribution in [-0.4, -0.2) is 48.2 Å². The van der Waals surface area contributed by atoms with Gasteiger partial charge in [-0.25, -0.2) is 0 Å². The molecule has 1 saturated heterocycles. The molecule has 0 aliphatic carbocycles. The molecule has 0 spiro atoms. The standard InChI is InChI=1S/C14H23NO4/c1-3-6-19-7-4-5-13(16)15-9-11(2)8-12(10-15)14(17)18/h3,11-12H,1,4-10H2,2H3,(H,17,18). The molecule has 0 saturated carbocycles. The van der Waals surface area contributed by atoms with Crippen LogP contribution in [0.4, 0.5) is 0 Å². The van der Waals surface area contributed by atoms with E-state index in [2.05, 4.69) is 6.58 Å². The van der Waals surface area contributed by atoms with Crippen molar-refractivity contribution in [2.24, 2.45) is 11.8 Å². The summed E-state index contributed by atoms with van der Waals surface area (Å²) in [4.78, 5) is 24.7. The SMILES string of the molecule is C=CCOCCCC(=O)N1CC(C)CC(C(=O)O)C1. The van der Waals surface area contributed by atoms with Gasteiger partial charge in [-0.3, -0.25) is 9.59 Å². The van der Waals surface area contributed by atoms with Crippen LogP contribution < -0.4 is 0 Å². The van der Waals surface area contributed by atoms with Crippen molar-refractivity contribution in [3.63, 3.8) is 0 Å². The van der Waals surface area contributed by atoms with Gasteiger partial charge in [0.25, 0.3) is 0 Å². The molecule has 2 unspecified atom stereocenters. The molecule has 5 nitrogen and oxygen atoms in total. The molecule has 0 aromatic heterocycles. The van der Waals surface area contributed by atoms with Crippen LogP contribution in [0.15, 0.2) is 12.7 Å². The van der Waals surface area contributed by atoms with E-state index in [9.17, 15) is 9.59 Å². The van der Waals surface area contributed by atoms with E-state index in [-0.39, 0.29) is 11.8 Å². The summed E-state index contributed by atoms with van der Waals surface area (Å²) in [7, 11) is 0. The van der Waals surface area contributed by atoms with Crippen molar-refractivity contribution in [3.8, 4) is 0 Å². The lowest BCUT2D eigenvalue weighted by Crippen LogP contribution is -2.45. The largest absolute Gasteiger partial charge is 0.481 e. The fourth-order valence-electron chi connectivity index (χ4n) is 2.38. The third kappa shape index (κ3) is 5.42. The molecule has 1 amide bonds. The topological polar surface area (TPSA) is 66.8 Å². The number of amides is 1. The summed E-state index contributed by atoms with van der Waals surface area (Å²) in [5.74, 6) is -0.959. The minimum absolute atomic E-state index is 0.0278. The Labute approximate surface area is 114 Å². The summed E-state index contributed by atoms with van der Waals surface area (Å²) in [6.07, 6.45) is 3.40. The first-order chi connectivity index (χ1) is 9.04. The van der Waals surface area contributed by atoms with Crippen LogP contribution in [0, 0.1) is 11.8 Å². The highest BCUT2D eigenvalue weighted by Gasteiger charge is 2.31. The first-order valence-electron chi connectivity index (χ1n) is 6.73. The van der Waals surface area contributed by atoms with Gasteiger partial charge < -0.3 is 14.7 Å². The zero-order valence-corrected chi connectivity index (χ0v) is 11.5. The van der Waals surface area contributed by atoms with E-state index >= 15 is 0 Å². The van der Waals surface area contributed by atoms with Crippen LogP contribution in [0.5, 0.6) is 0 Å². The van der Waals surface area contributed by atoms with Gasteiger partial charge in [0.1, 0.15) is 0 Å². The molecule has 0 bridgehead atoms. The molecule has 2 atom stereocenters. The molecule has 1 N–H and O–H groups in total. The van der Waals surface area contributed by atoms with Crippen molar-refractivity contribution >= 4 is 11.9 Å². The molecular formula is C14H23NO4. The second-order valence-corrected chi connectivity index (χ2v) is 5.14. The normalized spacial score (nSPS) is 23.1. The summed E-state index contributed by atoms with van der Waals surface area (Å²) >= 11 is 0. The minimum atomic E-state index is -0.807. The van der Waals surface area contributed by atoms with E-state index in [1.54, 1.807) is 11.0 Å². The molecule has 5 heteroatoms. The van der Waals surface area contributed by atoms with Gasteiger partial charge in [-0.1, -0.05) is 13.0 Å². The smallest absolute Gasteiger partial charge is 0.308 e. The molecule has 108 valence electrons. The maximum atomic E-state index is 12.0. The Kier molecular flexibility index (Phi) is 6.56. The van der Waals surface area contributed by atoms with E-state index in [0.29, 0.717) is 45.6 Å². The number of rotatable bonds is 7. The third-order valence-electron chi connectivity index (χ3n) is 3.28. The van der Waals surface area contributed by atoms with E-state index in [1.165, 1.54) is 0 Å². The van der Waals surface area contributed by atoms with Crippen molar-refractivity contribution in [1.82, 2.24) is 4.90 Å². The molecule has 1 aliphatic heterocycles. The summed E-state index contributed by atoms with van der Waals surface area (Å²) in [5, 5.41) is 9.06. The van der Waals surface area contributed by atoms with Crippen LogP contribution in [-0.2, 0) is 14.3 Å². The Morgan fingerprint density at radius 3 is 2.84 bits per heavy atom. The number of nitrogens with zero attached hydrogens (tertiary/aromatic N) is 1. The number of piperidine rings is 1. The van der Waals surface area contributed by atoms with Crippen LogP contribution >= 0.6 is 0 Å². The Bertz CT molecular complexity index is 329. The van der Waals surface area contributed by atoms with E-state index in [4.69, 9.17) is 9.84 Å². The molecule has 1 rings (SSSR count). The number of carbonyl (C=O) groups is 2. The molecule has 19 heavy (non-hydrogen) atoms. The average Bonchev–Trinajstić information content (AvgIpc) is 2.37. The van der Waals surface area contributed by atoms with Crippen molar-refractivity contribution < 1.29 is 19.4 Å². The van der Waals surface area contributed by atoms with Gasteiger partial charge in [0.15, 0.2) is 0 Å². The highest BCUT2D eigenvalue weighted by molar-refractivity contribution is 5.78. The van der Waals surface area contributed by atoms with Gasteiger partial charge in [0.05, 0.1) is 12.5 Å². The van der Waals surface area contributed by atoms with Crippen LogP contribution in [0.2, 0.25) is 0 Å². The molecule has 1 fully saturated rings. The molecule has 0 radical (unpaired) electrons. The minimum Gasteiger partial charge on any atom is -0.481 e. The maximum absolute atomic E-state index is 12.0. The van der Waals surface area contributed by atoms with E-state index in [0.717, 1.165) is 0 Å². The van der Waals surface area contributed by atoms with Gasteiger partial charge in [-0.15, -0.1) is 6.58 Å². The molecule has 0 aromatic rings. The third-order valence-corrected chi connectivity index (χ3v) is 3.28. The molecule has 1 heterocycles. The van der Waals surface area contributed by atoms with Gasteiger partial charge in [0, 0.05) is 26.1 Å². The number of likely N-dealkylation sites (tertiary alicyclic amines) is 1. The second-order valence-electron chi connectivity index (χ2n) is 5.14. The Hall–Kier alpha value is -1.36. The summed E-state index contributed by atoms with van der Waals surface area (Å²) in [6, 6.07) is 0. The number of ether oxygens (including phenoxy) is 1. The first-order valence-corrected chi connectivity index (χ1v) is 6.73. The highest BCUT2D eigenvalue weighted by Crippen LogP contribution is 2.22. The Morgan fingerprint density at radius 1 is 1.47 bits per heavy atom. The number of aliphatic carboxylic acids is 1. The molecule has 1 aliphatic rings. The lowest BCUT2D eigenvalue weighted by atomic mass is 9.90. The summed E-state index contributed by atoms with van der Waals surface area (Å²) in [5.41, 5.74) is 0. The number of carboxylic acids is 1. The Balaban J connectivity index is 2.34. The Morgan fingerprint density at radius 2 is 2.21 bits per heavy atom. The van der Waals surface area contributed by atoms with Gasteiger partial charge in [-0.2, -0.15) is 0 Å². The lowest BCUT2D eigenvalue weighted by molar-refractivity contribution is -0.147. The lowest BCUT2D eigenvalue weighted by Gasteiger charge is -2.34. The van der Waals surface area contributed by atoms with Crippen molar-refractivity contribution in [3.05, 3.63) is 12.7 Å². The summed E-state index contributed by atoms with van der Waals surface area (Å²) < 4.78 is 5.22. The highest BCUT2D eigenvalue weighted by atomic mass is 16.5. The van der Waals surface area contributed by atoms with Gasteiger partial charge in [-0.05, 0) is 18.8 Å². The fraction of sp³-hybridized carbons (Fsp3) is 0.714. The zero-order valence-electron chi connectivity index (χ0n) is 11.5. The average molecular weight is 269 g/mol. The monoisotopic (exact) mass is 269 g/mol. The van der Waals surface area contributed by atoms with E-state index < -0.39 is 11.9 Å². The number of carboxylic acid groups (broad SMARTS) is 1. The zero-order chi connectivity index (χ0) is 14.3. The van der Waals surface area contributed by atoms with E-state index in [1.807, 2.05) is 6.92 Å². The fourth-order valence-corrected chi connectivity index (χ4v) is 2.38. The molecule has 0 aromatic carbocycles. The number of carbonyl (C=O) groups excluding carboxylic acids is 1. The van der Waals surface area contributed by atoms with Gasteiger partial charge >= 0.3 is 5.97 Å². The van der Waals surface area contributed by atoms with Crippen LogP contribution in [0.1, 0.15) is 26.2 Å². The predicted octanol–water partition coefficient (Wildman–Crippen LogP) is 1.54. The van der Waals surface area contributed by atoms with Gasteiger partial charge in [0.2, 0.25) is 5.91 Å². The number of hydrogen-bond acceptors (Lipinski definition) is 3. The van der Waals surface area contributed by atoms with Crippen LogP contribution in [0.3, 0.4) is 0 Å². The maximum Gasteiger partial charge on any atom is 0.308 e. The van der Waals surface area contributed by atoms with Crippen molar-refractivity contribution in [1.29, 1.82) is 0 Å². The van der Waals surface area contributed by atoms with Crippen LogP contribution in [0.25, 0.3) is 0 Å². The quantitative estimate of drug-likeness (QED) is 0.562. The summed E-state index contributed by atoms with van der Waals surface area (Å²) in [6.45, 7) is 7.56. The predicted molar refractivity (Wildman–Crippen MR) is 71.7 cm³/mol. The van der Waals surface area contributed by atoms with Crippen molar-refractivity contribution in [2.45, 2.75) is 26.2 Å². The molecular weight excluding hydrogens is 246 g/mol. The second kappa shape index (κ2) is 7.94. The van der Waals surface area contributed by atoms with Crippen molar-refractivity contribution in [2.75, 3.05) is 26.3 Å².